The highest BCUT2D eigenvalue weighted by molar-refractivity contribution is 6.31. The Morgan fingerprint density at radius 3 is 2.57 bits per heavy atom. The number of rotatable bonds is 2. The molecule has 0 aliphatic carbocycles. The van der Waals surface area contributed by atoms with Gasteiger partial charge in [0.05, 0.1) is 5.69 Å². The summed E-state index contributed by atoms with van der Waals surface area (Å²) in [7, 11) is 1.48. The minimum atomic E-state index is -2.53. The van der Waals surface area contributed by atoms with Crippen molar-refractivity contribution in [1.29, 1.82) is 0 Å². The summed E-state index contributed by atoms with van der Waals surface area (Å²) >= 11 is 5.92. The fraction of sp³-hybridized carbons (Fsp3) is 0.188. The summed E-state index contributed by atoms with van der Waals surface area (Å²) in [5, 5.41) is 10.8. The van der Waals surface area contributed by atoms with Crippen LogP contribution in [0.2, 0.25) is 5.02 Å². The van der Waals surface area contributed by atoms with E-state index in [2.05, 4.69) is 0 Å². The van der Waals surface area contributed by atoms with Crippen molar-refractivity contribution in [2.75, 3.05) is 11.9 Å². The molecule has 108 valence electrons. The van der Waals surface area contributed by atoms with E-state index in [1.54, 1.807) is 42.5 Å². The van der Waals surface area contributed by atoms with Crippen LogP contribution in [0.15, 0.2) is 48.5 Å². The molecule has 3 rings (SSSR count). The molecule has 1 unspecified atom stereocenters. The number of carbonyl (C=O) groups is 1. The molecule has 0 fully saturated rings. The SMILES string of the molecule is CN1C(=O)[C@](F)(C(O)c2ccccc2)c2cc(Cl)ccc21. The number of fused-ring (bicyclic) bond motifs is 1. The molecule has 2 aromatic carbocycles. The molecule has 1 N–H and O–H groups in total. The molecule has 0 radical (unpaired) electrons. The quantitative estimate of drug-likeness (QED) is 0.925. The predicted octanol–water partition coefficient (Wildman–Crippen LogP) is 3.21. The van der Waals surface area contributed by atoms with E-state index in [0.717, 1.165) is 0 Å². The van der Waals surface area contributed by atoms with Crippen LogP contribution in [0.4, 0.5) is 10.1 Å². The first-order chi connectivity index (χ1) is 9.96. The number of hydrogen-bond donors (Lipinski definition) is 1. The van der Waals surface area contributed by atoms with Gasteiger partial charge in [0.1, 0.15) is 6.10 Å². The molecule has 5 heteroatoms. The number of carbonyl (C=O) groups excluding carboxylic acids is 1. The fourth-order valence-corrected chi connectivity index (χ4v) is 2.86. The maximum atomic E-state index is 15.5. The number of anilines is 1. The third kappa shape index (κ3) is 1.94. The standard InChI is InChI=1S/C16H13ClFNO2/c1-19-13-8-7-11(17)9-12(13)16(18,15(19)21)14(20)10-5-3-2-4-6-10/h2-9,14,20H,1H3/t14?,16-/m1/s1. The number of benzene rings is 2. The summed E-state index contributed by atoms with van der Waals surface area (Å²) in [5.41, 5.74) is -1.67. The Kier molecular flexibility index (Phi) is 3.23. The van der Waals surface area contributed by atoms with E-state index in [-0.39, 0.29) is 5.56 Å². The minimum absolute atomic E-state index is 0.0962. The van der Waals surface area contributed by atoms with Crippen molar-refractivity contribution in [2.24, 2.45) is 0 Å². The molecule has 0 spiro atoms. The number of aliphatic hydroxyl groups excluding tert-OH is 1. The Morgan fingerprint density at radius 2 is 1.90 bits per heavy atom. The number of alkyl halides is 1. The van der Waals surface area contributed by atoms with Crippen LogP contribution in [0.3, 0.4) is 0 Å². The highest BCUT2D eigenvalue weighted by Gasteiger charge is 2.56. The van der Waals surface area contributed by atoms with Gasteiger partial charge in [0, 0.05) is 17.6 Å². The topological polar surface area (TPSA) is 40.5 Å². The van der Waals surface area contributed by atoms with E-state index >= 15 is 4.39 Å². The number of amides is 1. The lowest BCUT2D eigenvalue weighted by molar-refractivity contribution is -0.137. The van der Waals surface area contributed by atoms with E-state index in [0.29, 0.717) is 16.3 Å². The van der Waals surface area contributed by atoms with Gasteiger partial charge in [0.15, 0.2) is 0 Å². The minimum Gasteiger partial charge on any atom is -0.384 e. The number of aliphatic hydroxyl groups is 1. The number of nitrogens with zero attached hydrogens (tertiary/aromatic N) is 1. The molecular formula is C16H13ClFNO2. The second-order valence-corrected chi connectivity index (χ2v) is 5.49. The van der Waals surface area contributed by atoms with Gasteiger partial charge in [-0.05, 0) is 23.8 Å². The normalized spacial score (nSPS) is 22.3. The Morgan fingerprint density at radius 1 is 1.24 bits per heavy atom. The van der Waals surface area contributed by atoms with E-state index < -0.39 is 17.7 Å². The Bertz CT molecular complexity index is 707. The third-order valence-electron chi connectivity index (χ3n) is 3.82. The predicted molar refractivity (Wildman–Crippen MR) is 79.0 cm³/mol. The molecule has 2 atom stereocenters. The van der Waals surface area contributed by atoms with Gasteiger partial charge in [0.25, 0.3) is 5.91 Å². The first-order valence-corrected chi connectivity index (χ1v) is 6.84. The van der Waals surface area contributed by atoms with Gasteiger partial charge in [-0.25, -0.2) is 4.39 Å². The average Bonchev–Trinajstić information content (AvgIpc) is 2.70. The van der Waals surface area contributed by atoms with Crippen LogP contribution in [-0.4, -0.2) is 18.1 Å². The lowest BCUT2D eigenvalue weighted by Crippen LogP contribution is -2.39. The van der Waals surface area contributed by atoms with E-state index in [1.807, 2.05) is 0 Å². The summed E-state index contributed by atoms with van der Waals surface area (Å²) < 4.78 is 15.5. The molecule has 0 saturated carbocycles. The summed E-state index contributed by atoms with van der Waals surface area (Å²) in [6.07, 6.45) is -1.59. The van der Waals surface area contributed by atoms with Gasteiger partial charge in [-0.15, -0.1) is 0 Å². The molecular weight excluding hydrogens is 293 g/mol. The van der Waals surface area contributed by atoms with Gasteiger partial charge in [-0.2, -0.15) is 0 Å². The number of halogens is 2. The first-order valence-electron chi connectivity index (χ1n) is 6.46. The van der Waals surface area contributed by atoms with Crippen LogP contribution in [-0.2, 0) is 10.5 Å². The van der Waals surface area contributed by atoms with Gasteiger partial charge in [0.2, 0.25) is 5.67 Å². The zero-order valence-corrected chi connectivity index (χ0v) is 12.0. The smallest absolute Gasteiger partial charge is 0.272 e. The summed E-state index contributed by atoms with van der Waals surface area (Å²) in [5.74, 6) is -0.795. The molecule has 0 bridgehead atoms. The van der Waals surface area contributed by atoms with Crippen molar-refractivity contribution in [3.05, 3.63) is 64.7 Å². The van der Waals surface area contributed by atoms with Crippen LogP contribution in [0.1, 0.15) is 17.2 Å². The van der Waals surface area contributed by atoms with Gasteiger partial charge >= 0.3 is 0 Å². The molecule has 0 saturated heterocycles. The Balaban J connectivity index is 2.17. The van der Waals surface area contributed by atoms with E-state index in [1.165, 1.54) is 18.0 Å². The van der Waals surface area contributed by atoms with Gasteiger partial charge < -0.3 is 10.0 Å². The second-order valence-electron chi connectivity index (χ2n) is 5.05. The molecule has 3 nitrogen and oxygen atoms in total. The van der Waals surface area contributed by atoms with Crippen LogP contribution < -0.4 is 4.90 Å². The highest BCUT2D eigenvalue weighted by Crippen LogP contribution is 2.50. The highest BCUT2D eigenvalue weighted by atomic mass is 35.5. The average molecular weight is 306 g/mol. The van der Waals surface area contributed by atoms with Crippen LogP contribution in [0.5, 0.6) is 0 Å². The summed E-state index contributed by atoms with van der Waals surface area (Å²) in [6.45, 7) is 0. The third-order valence-corrected chi connectivity index (χ3v) is 4.05. The van der Waals surface area contributed by atoms with Crippen molar-refractivity contribution in [2.45, 2.75) is 11.8 Å². The van der Waals surface area contributed by atoms with Crippen LogP contribution in [0, 0.1) is 0 Å². The van der Waals surface area contributed by atoms with Crippen molar-refractivity contribution in [3.8, 4) is 0 Å². The number of hydrogen-bond acceptors (Lipinski definition) is 2. The second kappa shape index (κ2) is 4.83. The molecule has 1 aliphatic rings. The lowest BCUT2D eigenvalue weighted by atomic mass is 9.87. The summed E-state index contributed by atoms with van der Waals surface area (Å²) in [4.78, 5) is 13.6. The van der Waals surface area contributed by atoms with Crippen molar-refractivity contribution < 1.29 is 14.3 Å². The maximum Gasteiger partial charge on any atom is 0.272 e. The zero-order valence-electron chi connectivity index (χ0n) is 11.3. The van der Waals surface area contributed by atoms with Gasteiger partial charge in [-0.3, -0.25) is 4.79 Å². The fourth-order valence-electron chi connectivity index (χ4n) is 2.69. The van der Waals surface area contributed by atoms with Gasteiger partial charge in [-0.1, -0.05) is 41.9 Å². The molecule has 21 heavy (non-hydrogen) atoms. The zero-order chi connectivity index (χ0) is 15.2. The molecule has 1 heterocycles. The molecule has 2 aromatic rings. The Hall–Kier alpha value is -1.91. The number of likely N-dealkylation sites (N-methyl/N-ethyl adjacent to an activating group) is 1. The van der Waals surface area contributed by atoms with Crippen molar-refractivity contribution in [3.63, 3.8) is 0 Å². The van der Waals surface area contributed by atoms with Crippen LogP contribution >= 0.6 is 11.6 Å². The van der Waals surface area contributed by atoms with Crippen molar-refractivity contribution in [1.82, 2.24) is 0 Å². The van der Waals surface area contributed by atoms with E-state index in [4.69, 9.17) is 11.6 Å². The maximum absolute atomic E-state index is 15.5. The monoisotopic (exact) mass is 305 g/mol. The van der Waals surface area contributed by atoms with E-state index in [9.17, 15) is 9.90 Å². The van der Waals surface area contributed by atoms with Crippen LogP contribution in [0.25, 0.3) is 0 Å². The largest absolute Gasteiger partial charge is 0.384 e. The molecule has 0 aromatic heterocycles. The summed E-state index contributed by atoms with van der Waals surface area (Å²) in [6, 6.07) is 12.9. The van der Waals surface area contributed by atoms with Crippen molar-refractivity contribution >= 4 is 23.2 Å². The molecule has 1 aliphatic heterocycles. The Labute approximate surface area is 126 Å². The molecule has 1 amide bonds. The lowest BCUT2D eigenvalue weighted by Gasteiger charge is -2.25. The first kappa shape index (κ1) is 14.0.